The topological polar surface area (TPSA) is 125 Å². The first-order valence-corrected chi connectivity index (χ1v) is 13.0. The van der Waals surface area contributed by atoms with Gasteiger partial charge in [0, 0.05) is 24.2 Å². The Morgan fingerprint density at radius 2 is 0.875 bits per heavy atom. The van der Waals surface area contributed by atoms with Gasteiger partial charge in [0.25, 0.3) is 0 Å². The average molecular weight is 483 g/mol. The van der Waals surface area contributed by atoms with Gasteiger partial charge < -0.3 is 21.3 Å². The van der Waals surface area contributed by atoms with Crippen molar-refractivity contribution in [2.75, 3.05) is 46.9 Å². The van der Waals surface area contributed by atoms with Crippen LogP contribution in [0.3, 0.4) is 0 Å². The molecule has 10 nitrogen and oxygen atoms in total. The third-order valence-electron chi connectivity index (χ3n) is 3.24. The quantitative estimate of drug-likeness (QED) is 0.396. The molecule has 0 saturated heterocycles. The van der Waals surface area contributed by atoms with Crippen LogP contribution in [-0.4, -0.2) is 66.6 Å². The lowest BCUT2D eigenvalue weighted by Gasteiger charge is -2.20. The van der Waals surface area contributed by atoms with Crippen molar-refractivity contribution in [1.29, 1.82) is 0 Å². The molecule has 32 heavy (non-hydrogen) atoms. The second-order valence-electron chi connectivity index (χ2n) is 8.75. The fourth-order valence-corrected chi connectivity index (χ4v) is 2.86. The van der Waals surface area contributed by atoms with E-state index < -0.39 is 0 Å². The van der Waals surface area contributed by atoms with Crippen LogP contribution in [0.4, 0.5) is 23.8 Å². The fourth-order valence-electron chi connectivity index (χ4n) is 2.15. The van der Waals surface area contributed by atoms with Crippen molar-refractivity contribution in [3.8, 4) is 0 Å². The standard InChI is InChI=1S/2C10H19N5S/c2*1-6-11-7-12-8(15-10(2,3)4)14-9(13-7)16-5/h2*6H2,1-5H3,(H2,11,12,13,14,15). The van der Waals surface area contributed by atoms with E-state index in [-0.39, 0.29) is 11.1 Å². The van der Waals surface area contributed by atoms with Gasteiger partial charge in [0.2, 0.25) is 23.8 Å². The van der Waals surface area contributed by atoms with Gasteiger partial charge in [0.1, 0.15) is 0 Å². The second-order valence-corrected chi connectivity index (χ2v) is 10.3. The number of rotatable bonds is 8. The number of nitrogens with one attached hydrogen (secondary N) is 4. The molecule has 0 aromatic carbocycles. The molecule has 2 rings (SSSR count). The van der Waals surface area contributed by atoms with Crippen molar-refractivity contribution in [3.05, 3.63) is 0 Å². The molecule has 0 fully saturated rings. The van der Waals surface area contributed by atoms with Crippen LogP contribution in [0.25, 0.3) is 0 Å². The number of aromatic nitrogens is 6. The zero-order valence-electron chi connectivity index (χ0n) is 20.9. The van der Waals surface area contributed by atoms with Gasteiger partial charge in [-0.1, -0.05) is 23.5 Å². The highest BCUT2D eigenvalue weighted by Gasteiger charge is 2.14. The molecule has 2 aromatic heterocycles. The summed E-state index contributed by atoms with van der Waals surface area (Å²) in [6, 6.07) is 0. The zero-order valence-corrected chi connectivity index (χ0v) is 22.5. The van der Waals surface area contributed by atoms with Gasteiger partial charge in [-0.15, -0.1) is 0 Å². The van der Waals surface area contributed by atoms with Gasteiger partial charge in [-0.25, -0.2) is 0 Å². The van der Waals surface area contributed by atoms with Crippen LogP contribution in [0.2, 0.25) is 0 Å². The summed E-state index contributed by atoms with van der Waals surface area (Å²) in [7, 11) is 0. The maximum absolute atomic E-state index is 4.31. The largest absolute Gasteiger partial charge is 0.354 e. The first-order valence-electron chi connectivity index (χ1n) is 10.5. The Kier molecular flexibility index (Phi) is 11.2. The monoisotopic (exact) mass is 482 g/mol. The average Bonchev–Trinajstić information content (AvgIpc) is 2.66. The van der Waals surface area contributed by atoms with E-state index in [4.69, 9.17) is 0 Å². The Bertz CT molecular complexity index is 765. The molecule has 0 spiro atoms. The van der Waals surface area contributed by atoms with Crippen LogP contribution >= 0.6 is 23.5 Å². The summed E-state index contributed by atoms with van der Waals surface area (Å²) in [6.45, 7) is 18.1. The van der Waals surface area contributed by atoms with E-state index in [1.165, 1.54) is 23.5 Å². The number of nitrogens with zero attached hydrogens (tertiary/aromatic N) is 6. The molecule has 0 atom stereocenters. The molecule has 0 saturated carbocycles. The molecule has 2 heterocycles. The van der Waals surface area contributed by atoms with Gasteiger partial charge in [-0.05, 0) is 67.9 Å². The summed E-state index contributed by atoms with van der Waals surface area (Å²) in [4.78, 5) is 25.7. The highest BCUT2D eigenvalue weighted by atomic mass is 32.2. The third kappa shape index (κ3) is 11.5. The van der Waals surface area contributed by atoms with Gasteiger partial charge in [0.05, 0.1) is 0 Å². The zero-order chi connectivity index (χ0) is 24.4. The van der Waals surface area contributed by atoms with Crippen molar-refractivity contribution >= 4 is 47.3 Å². The molecule has 4 N–H and O–H groups in total. The Morgan fingerprint density at radius 3 is 1.12 bits per heavy atom. The van der Waals surface area contributed by atoms with Crippen LogP contribution in [0.5, 0.6) is 0 Å². The van der Waals surface area contributed by atoms with Crippen LogP contribution in [0.1, 0.15) is 55.4 Å². The predicted octanol–water partition coefficient (Wildman–Crippen LogP) is 4.47. The predicted molar refractivity (Wildman–Crippen MR) is 138 cm³/mol. The van der Waals surface area contributed by atoms with E-state index in [1.807, 2.05) is 26.4 Å². The normalized spacial score (nSPS) is 11.3. The molecule has 0 amide bonds. The maximum atomic E-state index is 4.31. The molecule has 0 aliphatic rings. The summed E-state index contributed by atoms with van der Waals surface area (Å²) in [5, 5.41) is 14.1. The van der Waals surface area contributed by atoms with E-state index in [9.17, 15) is 0 Å². The van der Waals surface area contributed by atoms with Gasteiger partial charge in [-0.2, -0.15) is 29.9 Å². The van der Waals surface area contributed by atoms with Crippen LogP contribution < -0.4 is 21.3 Å². The van der Waals surface area contributed by atoms with E-state index in [2.05, 4.69) is 92.7 Å². The lowest BCUT2D eigenvalue weighted by molar-refractivity contribution is 0.622. The van der Waals surface area contributed by atoms with Crippen LogP contribution in [0, 0.1) is 0 Å². The van der Waals surface area contributed by atoms with Gasteiger partial charge in [-0.3, -0.25) is 0 Å². The molecule has 0 radical (unpaired) electrons. The van der Waals surface area contributed by atoms with Crippen molar-refractivity contribution in [2.45, 2.75) is 76.8 Å². The van der Waals surface area contributed by atoms with E-state index in [1.54, 1.807) is 0 Å². The molecular weight excluding hydrogens is 444 g/mol. The lowest BCUT2D eigenvalue weighted by atomic mass is 10.1. The molecule has 2 aromatic rings. The van der Waals surface area contributed by atoms with Crippen molar-refractivity contribution in [3.63, 3.8) is 0 Å². The molecule has 0 unspecified atom stereocenters. The second kappa shape index (κ2) is 12.8. The minimum Gasteiger partial charge on any atom is -0.354 e. The molecule has 0 aliphatic heterocycles. The molecule has 180 valence electrons. The Morgan fingerprint density at radius 1 is 0.562 bits per heavy atom. The van der Waals surface area contributed by atoms with Gasteiger partial charge in [0.15, 0.2) is 10.3 Å². The molecule has 12 heteroatoms. The molecular formula is C20H38N10S2. The van der Waals surface area contributed by atoms with Crippen molar-refractivity contribution in [2.24, 2.45) is 0 Å². The summed E-state index contributed by atoms with van der Waals surface area (Å²) >= 11 is 3.01. The number of anilines is 4. The summed E-state index contributed by atoms with van der Waals surface area (Å²) in [5.74, 6) is 2.47. The highest BCUT2D eigenvalue weighted by Crippen LogP contribution is 2.17. The fraction of sp³-hybridized carbons (Fsp3) is 0.700. The van der Waals surface area contributed by atoms with E-state index in [0.717, 1.165) is 23.4 Å². The minimum atomic E-state index is -0.0550. The Labute approximate surface area is 200 Å². The molecule has 0 aliphatic carbocycles. The smallest absolute Gasteiger partial charge is 0.228 e. The number of hydrogen-bond acceptors (Lipinski definition) is 12. The van der Waals surface area contributed by atoms with Gasteiger partial charge >= 0.3 is 0 Å². The first kappa shape index (κ1) is 28.0. The summed E-state index contributed by atoms with van der Waals surface area (Å²) < 4.78 is 0. The Hall–Kier alpha value is -2.08. The third-order valence-corrected chi connectivity index (χ3v) is 4.33. The minimum absolute atomic E-state index is 0.0550. The summed E-state index contributed by atoms with van der Waals surface area (Å²) in [6.07, 6.45) is 3.90. The lowest BCUT2D eigenvalue weighted by Crippen LogP contribution is -2.27. The summed E-state index contributed by atoms with van der Waals surface area (Å²) in [5.41, 5.74) is -0.110. The van der Waals surface area contributed by atoms with Crippen molar-refractivity contribution in [1.82, 2.24) is 29.9 Å². The van der Waals surface area contributed by atoms with Crippen LogP contribution in [-0.2, 0) is 0 Å². The molecule has 0 bridgehead atoms. The number of hydrogen-bond donors (Lipinski definition) is 4. The van der Waals surface area contributed by atoms with Crippen LogP contribution in [0.15, 0.2) is 10.3 Å². The maximum Gasteiger partial charge on any atom is 0.228 e. The number of thioether (sulfide) groups is 2. The highest BCUT2D eigenvalue weighted by molar-refractivity contribution is 7.98. The Balaban J connectivity index is 0.000000320. The first-order chi connectivity index (χ1) is 14.9. The van der Waals surface area contributed by atoms with E-state index in [0.29, 0.717) is 23.8 Å². The van der Waals surface area contributed by atoms with Crippen molar-refractivity contribution < 1.29 is 0 Å². The SMILES string of the molecule is CCNc1nc(NC(C)(C)C)nc(SC)n1.CCNc1nc(NC(C)(C)C)nc(SC)n1. The van der Waals surface area contributed by atoms with E-state index >= 15 is 0 Å².